The molecule has 2 atom stereocenters. The molecule has 194 valence electrons. The molecule has 0 bridgehead atoms. The number of rotatable bonds is 5. The zero-order chi connectivity index (χ0) is 26.5. The lowest BCUT2D eigenvalue weighted by molar-refractivity contribution is -0.134. The quantitative estimate of drug-likeness (QED) is 0.247. The number of alkyl halides is 3. The van der Waals surface area contributed by atoms with E-state index in [0.717, 1.165) is 57.1 Å². The van der Waals surface area contributed by atoms with Crippen LogP contribution < -0.4 is 5.32 Å². The fourth-order valence-electron chi connectivity index (χ4n) is 5.37. The van der Waals surface area contributed by atoms with Gasteiger partial charge in [-0.3, -0.25) is 9.59 Å². The van der Waals surface area contributed by atoms with E-state index in [1.807, 2.05) is 36.7 Å². The van der Waals surface area contributed by atoms with Gasteiger partial charge in [-0.25, -0.2) is 4.98 Å². The number of piperidine rings is 1. The van der Waals surface area contributed by atoms with E-state index < -0.39 is 15.9 Å². The molecule has 4 aromatic rings. The Morgan fingerprint density at radius 3 is 2.62 bits per heavy atom. The SMILES string of the molecule is CCn1c(-c2nc3cc(C(=O)N4CC(C)CC(NC(=O)C(F)(F)I)C4)ccc3n2C)cc2ccccc21. The Morgan fingerprint density at radius 2 is 1.89 bits per heavy atom. The minimum atomic E-state index is -3.49. The summed E-state index contributed by atoms with van der Waals surface area (Å²) in [6.45, 7) is 5.52. The summed E-state index contributed by atoms with van der Waals surface area (Å²) in [5, 5.41) is 3.54. The van der Waals surface area contributed by atoms with Gasteiger partial charge >= 0.3 is 9.84 Å². The van der Waals surface area contributed by atoms with E-state index in [-0.39, 0.29) is 18.4 Å². The van der Waals surface area contributed by atoms with Crippen molar-refractivity contribution in [3.8, 4) is 11.5 Å². The highest BCUT2D eigenvalue weighted by Gasteiger charge is 2.38. The van der Waals surface area contributed by atoms with Gasteiger partial charge in [0.1, 0.15) is 0 Å². The van der Waals surface area contributed by atoms with E-state index in [1.165, 1.54) is 0 Å². The number of aryl methyl sites for hydroxylation is 2. The maximum atomic E-state index is 13.4. The summed E-state index contributed by atoms with van der Waals surface area (Å²) >= 11 is 0.820. The van der Waals surface area contributed by atoms with E-state index in [9.17, 15) is 18.4 Å². The summed E-state index contributed by atoms with van der Waals surface area (Å²) < 4.78 is 27.5. The lowest BCUT2D eigenvalue weighted by Crippen LogP contribution is -2.54. The molecule has 0 radical (unpaired) electrons. The number of hydrogen-bond acceptors (Lipinski definition) is 3. The number of nitrogens with one attached hydrogen (secondary N) is 1. The molecule has 3 heterocycles. The fraction of sp³-hybridized carbons (Fsp3) is 0.370. The third-order valence-corrected chi connectivity index (χ3v) is 7.51. The Kier molecular flexibility index (Phi) is 6.71. The average molecular weight is 619 g/mol. The van der Waals surface area contributed by atoms with Crippen molar-refractivity contribution in [1.29, 1.82) is 0 Å². The molecule has 1 saturated heterocycles. The van der Waals surface area contributed by atoms with E-state index in [2.05, 4.69) is 35.0 Å². The van der Waals surface area contributed by atoms with E-state index >= 15 is 0 Å². The van der Waals surface area contributed by atoms with Gasteiger partial charge in [0, 0.05) is 71.8 Å². The van der Waals surface area contributed by atoms with Crippen molar-refractivity contribution < 1.29 is 18.4 Å². The number of carbonyl (C=O) groups excluding carboxylic acids is 2. The van der Waals surface area contributed by atoms with Crippen molar-refractivity contribution in [2.45, 2.75) is 36.8 Å². The molecule has 7 nitrogen and oxygen atoms in total. The Bertz CT molecular complexity index is 1510. The van der Waals surface area contributed by atoms with Crippen LogP contribution in [0.4, 0.5) is 8.78 Å². The van der Waals surface area contributed by atoms with Gasteiger partial charge in [-0.15, -0.1) is 0 Å². The molecule has 1 aliphatic heterocycles. The molecular weight excluding hydrogens is 591 g/mol. The van der Waals surface area contributed by atoms with Gasteiger partial charge in [0.25, 0.3) is 5.91 Å². The van der Waals surface area contributed by atoms with Crippen LogP contribution in [0.5, 0.6) is 0 Å². The molecule has 0 saturated carbocycles. The van der Waals surface area contributed by atoms with Crippen LogP contribution in [0.15, 0.2) is 48.5 Å². The molecule has 37 heavy (non-hydrogen) atoms. The molecule has 2 amide bonds. The maximum absolute atomic E-state index is 13.4. The second-order valence-electron chi connectivity index (χ2n) is 9.75. The van der Waals surface area contributed by atoms with E-state index in [4.69, 9.17) is 4.98 Å². The summed E-state index contributed by atoms with van der Waals surface area (Å²) in [6, 6.07) is 15.3. The molecule has 2 aromatic heterocycles. The summed E-state index contributed by atoms with van der Waals surface area (Å²) in [5.74, 6) is -0.658. The van der Waals surface area contributed by atoms with Crippen LogP contribution in [0.2, 0.25) is 0 Å². The van der Waals surface area contributed by atoms with Crippen LogP contribution in [-0.2, 0) is 18.4 Å². The van der Waals surface area contributed by atoms with Gasteiger partial charge in [0.2, 0.25) is 0 Å². The molecule has 5 rings (SSSR count). The number of para-hydroxylation sites is 1. The lowest BCUT2D eigenvalue weighted by atomic mass is 9.95. The summed E-state index contributed by atoms with van der Waals surface area (Å²) in [6.07, 6.45) is 0.538. The van der Waals surface area contributed by atoms with Crippen LogP contribution in [-0.4, -0.2) is 53.9 Å². The number of fused-ring (bicyclic) bond motifs is 2. The molecule has 10 heteroatoms. The first kappa shape index (κ1) is 25.6. The highest BCUT2D eigenvalue weighted by atomic mass is 127. The summed E-state index contributed by atoms with van der Waals surface area (Å²) in [4.78, 5) is 31.8. The van der Waals surface area contributed by atoms with Crippen LogP contribution in [0.1, 0.15) is 30.6 Å². The molecule has 0 spiro atoms. The van der Waals surface area contributed by atoms with Crippen molar-refractivity contribution in [2.75, 3.05) is 13.1 Å². The lowest BCUT2D eigenvalue weighted by Gasteiger charge is -2.37. The normalized spacial score (nSPS) is 18.5. The smallest absolute Gasteiger partial charge is 0.346 e. The monoisotopic (exact) mass is 619 g/mol. The molecule has 0 aliphatic carbocycles. The second-order valence-corrected chi connectivity index (χ2v) is 11.1. The molecule has 1 N–H and O–H groups in total. The van der Waals surface area contributed by atoms with Crippen LogP contribution in [0, 0.1) is 5.92 Å². The predicted molar refractivity (Wildman–Crippen MR) is 148 cm³/mol. The van der Waals surface area contributed by atoms with Gasteiger partial charge < -0.3 is 19.4 Å². The minimum Gasteiger partial charge on any atom is -0.346 e. The number of carbonyl (C=O) groups is 2. The number of amides is 2. The van der Waals surface area contributed by atoms with Crippen molar-refractivity contribution in [3.05, 3.63) is 54.1 Å². The number of imidazole rings is 1. The second kappa shape index (κ2) is 9.70. The van der Waals surface area contributed by atoms with E-state index in [0.29, 0.717) is 24.0 Å². The molecule has 1 aliphatic rings. The molecular formula is C27H28F2IN5O2. The van der Waals surface area contributed by atoms with Crippen LogP contribution in [0.25, 0.3) is 33.5 Å². The Hall–Kier alpha value is -3.02. The number of benzene rings is 2. The Balaban J connectivity index is 1.44. The van der Waals surface area contributed by atoms with Gasteiger partial charge in [-0.2, -0.15) is 8.78 Å². The zero-order valence-corrected chi connectivity index (χ0v) is 23.0. The number of halogens is 3. The van der Waals surface area contributed by atoms with Crippen LogP contribution >= 0.6 is 22.6 Å². The third-order valence-electron chi connectivity index (χ3n) is 7.02. The third kappa shape index (κ3) is 4.83. The van der Waals surface area contributed by atoms with Gasteiger partial charge in [0.15, 0.2) is 5.82 Å². The highest BCUT2D eigenvalue weighted by molar-refractivity contribution is 14.1. The number of hydrogen-bond donors (Lipinski definition) is 1. The number of nitrogens with zero attached hydrogens (tertiary/aromatic N) is 4. The summed E-state index contributed by atoms with van der Waals surface area (Å²) in [5.41, 5.74) is 4.23. The number of aromatic nitrogens is 3. The van der Waals surface area contributed by atoms with Crippen molar-refractivity contribution in [3.63, 3.8) is 0 Å². The van der Waals surface area contributed by atoms with Crippen LogP contribution in [0.3, 0.4) is 0 Å². The van der Waals surface area contributed by atoms with E-state index in [1.54, 1.807) is 17.0 Å². The van der Waals surface area contributed by atoms with Crippen molar-refractivity contribution in [1.82, 2.24) is 24.3 Å². The predicted octanol–water partition coefficient (Wildman–Crippen LogP) is 5.21. The fourth-order valence-corrected chi connectivity index (χ4v) is 5.53. The van der Waals surface area contributed by atoms with Gasteiger partial charge in [-0.05, 0) is 49.6 Å². The van der Waals surface area contributed by atoms with Gasteiger partial charge in [0.05, 0.1) is 16.7 Å². The molecule has 2 unspecified atom stereocenters. The highest BCUT2D eigenvalue weighted by Crippen LogP contribution is 2.31. The summed E-state index contributed by atoms with van der Waals surface area (Å²) in [7, 11) is 1.96. The first-order valence-electron chi connectivity index (χ1n) is 12.3. The zero-order valence-electron chi connectivity index (χ0n) is 20.8. The Morgan fingerprint density at radius 1 is 1.14 bits per heavy atom. The average Bonchev–Trinajstić information content (AvgIpc) is 3.39. The van der Waals surface area contributed by atoms with Gasteiger partial charge in [-0.1, -0.05) is 25.1 Å². The first-order chi connectivity index (χ1) is 17.6. The maximum Gasteiger partial charge on any atom is 0.372 e. The standard InChI is InChI=1S/C27H28F2IN5O2/c1-4-35-21-8-6-5-7-17(21)13-23(35)24-32-20-12-18(9-10-22(20)33(24)3)25(36)34-14-16(2)11-19(15-34)31-26(37)27(28,29)30/h5-10,12-13,16,19H,4,11,14-15H2,1-3H3,(H,31,37). The topological polar surface area (TPSA) is 72.2 Å². The molecule has 2 aromatic carbocycles. The number of likely N-dealkylation sites (tertiary alicyclic amines) is 1. The molecule has 1 fully saturated rings. The largest absolute Gasteiger partial charge is 0.372 e. The minimum absolute atomic E-state index is 0.0620. The Labute approximate surface area is 227 Å². The van der Waals surface area contributed by atoms with Crippen molar-refractivity contribution >= 4 is 56.3 Å². The van der Waals surface area contributed by atoms with Crippen molar-refractivity contribution in [2.24, 2.45) is 13.0 Å². The first-order valence-corrected chi connectivity index (χ1v) is 13.4.